The van der Waals surface area contributed by atoms with Gasteiger partial charge < -0.3 is 10.0 Å². The number of nitrogens with zero attached hydrogens (tertiary/aromatic N) is 3. The van der Waals surface area contributed by atoms with E-state index in [-0.39, 0.29) is 17.5 Å². The molecular weight excluding hydrogens is 258 g/mol. The van der Waals surface area contributed by atoms with Crippen LogP contribution in [0, 0.1) is 5.92 Å². The second kappa shape index (κ2) is 4.07. The molecule has 0 bridgehead atoms. The van der Waals surface area contributed by atoms with Gasteiger partial charge in [-0.15, -0.1) is 0 Å². The van der Waals surface area contributed by atoms with Crippen LogP contribution >= 0.6 is 0 Å². The van der Waals surface area contributed by atoms with Crippen molar-refractivity contribution in [2.75, 3.05) is 13.1 Å². The van der Waals surface area contributed by atoms with Crippen molar-refractivity contribution in [3.05, 3.63) is 17.0 Å². The van der Waals surface area contributed by atoms with Crippen molar-refractivity contribution < 1.29 is 14.7 Å². The van der Waals surface area contributed by atoms with E-state index in [2.05, 4.69) is 5.10 Å². The lowest BCUT2D eigenvalue weighted by Crippen LogP contribution is -2.41. The number of carbonyl (C=O) groups is 2. The van der Waals surface area contributed by atoms with Gasteiger partial charge in [-0.1, -0.05) is 0 Å². The van der Waals surface area contributed by atoms with Gasteiger partial charge >= 0.3 is 5.97 Å². The van der Waals surface area contributed by atoms with E-state index < -0.39 is 5.97 Å². The molecule has 4 rings (SSSR count). The average Bonchev–Trinajstić information content (AvgIpc) is 3.32. The molecule has 1 amide bonds. The zero-order valence-electron chi connectivity index (χ0n) is 11.2. The van der Waals surface area contributed by atoms with Crippen LogP contribution in [0.2, 0.25) is 0 Å². The highest BCUT2D eigenvalue weighted by Gasteiger charge is 2.40. The van der Waals surface area contributed by atoms with Gasteiger partial charge in [-0.25, -0.2) is 4.79 Å². The third kappa shape index (κ3) is 1.82. The average molecular weight is 275 g/mol. The number of carboxylic acid groups (broad SMARTS) is 1. The fourth-order valence-electron chi connectivity index (χ4n) is 3.03. The van der Waals surface area contributed by atoms with E-state index in [0.717, 1.165) is 19.4 Å². The van der Waals surface area contributed by atoms with Gasteiger partial charge in [0.25, 0.3) is 5.91 Å². The third-order valence-electron chi connectivity index (χ3n) is 4.42. The van der Waals surface area contributed by atoms with Crippen LogP contribution in [0.25, 0.3) is 0 Å². The van der Waals surface area contributed by atoms with Gasteiger partial charge in [0.1, 0.15) is 5.69 Å². The van der Waals surface area contributed by atoms with Gasteiger partial charge in [0.2, 0.25) is 0 Å². The molecule has 2 saturated carbocycles. The molecule has 1 aliphatic heterocycles. The number of carboxylic acids is 1. The van der Waals surface area contributed by atoms with Crippen molar-refractivity contribution in [1.29, 1.82) is 0 Å². The fourth-order valence-corrected chi connectivity index (χ4v) is 3.03. The Bertz CT molecular complexity index is 599. The Labute approximate surface area is 116 Å². The van der Waals surface area contributed by atoms with Crippen LogP contribution in [-0.2, 0) is 6.54 Å². The van der Waals surface area contributed by atoms with Crippen molar-refractivity contribution in [2.24, 2.45) is 5.92 Å². The first-order chi connectivity index (χ1) is 9.65. The van der Waals surface area contributed by atoms with Crippen molar-refractivity contribution in [3.8, 4) is 0 Å². The molecule has 0 aromatic carbocycles. The Morgan fingerprint density at radius 2 is 2.00 bits per heavy atom. The second-order valence-corrected chi connectivity index (χ2v) is 6.11. The summed E-state index contributed by atoms with van der Waals surface area (Å²) < 4.78 is 1.61. The van der Waals surface area contributed by atoms with Crippen LogP contribution in [0.1, 0.15) is 58.1 Å². The predicted octanol–water partition coefficient (Wildman–Crippen LogP) is 1.32. The molecule has 2 aliphatic carbocycles. The summed E-state index contributed by atoms with van der Waals surface area (Å²) in [7, 11) is 0. The van der Waals surface area contributed by atoms with Crippen LogP contribution in [0.5, 0.6) is 0 Å². The minimum absolute atomic E-state index is 0.0231. The van der Waals surface area contributed by atoms with Crippen molar-refractivity contribution >= 4 is 11.9 Å². The summed E-state index contributed by atoms with van der Waals surface area (Å²) in [6, 6.07) is 0. The standard InChI is InChI=1S/C14H17N3O3/c18-13-12-10(9-3-4-9)11(14(19)20)15-17(12)6-5-16(13)7-8-1-2-8/h8-9H,1-7H2,(H,19,20). The molecule has 2 heterocycles. The van der Waals surface area contributed by atoms with Gasteiger partial charge in [0.15, 0.2) is 5.69 Å². The topological polar surface area (TPSA) is 75.4 Å². The van der Waals surface area contributed by atoms with E-state index in [1.165, 1.54) is 12.8 Å². The number of carbonyl (C=O) groups excluding carboxylic acids is 1. The maximum atomic E-state index is 12.6. The van der Waals surface area contributed by atoms with Crippen LogP contribution < -0.4 is 0 Å². The summed E-state index contributed by atoms with van der Waals surface area (Å²) in [6.07, 6.45) is 4.35. The van der Waals surface area contributed by atoms with E-state index in [1.54, 1.807) is 4.68 Å². The minimum Gasteiger partial charge on any atom is -0.476 e. The second-order valence-electron chi connectivity index (χ2n) is 6.11. The van der Waals surface area contributed by atoms with E-state index >= 15 is 0 Å². The highest BCUT2D eigenvalue weighted by atomic mass is 16.4. The fraction of sp³-hybridized carbons (Fsp3) is 0.643. The lowest BCUT2D eigenvalue weighted by molar-refractivity contribution is 0.0673. The van der Waals surface area contributed by atoms with E-state index in [1.807, 2.05) is 4.90 Å². The monoisotopic (exact) mass is 275 g/mol. The summed E-state index contributed by atoms with van der Waals surface area (Å²) in [4.78, 5) is 25.9. The molecule has 6 nitrogen and oxygen atoms in total. The summed E-state index contributed by atoms with van der Waals surface area (Å²) in [5, 5.41) is 13.5. The van der Waals surface area contributed by atoms with Crippen LogP contribution in [-0.4, -0.2) is 44.8 Å². The maximum absolute atomic E-state index is 12.6. The van der Waals surface area contributed by atoms with Gasteiger partial charge in [-0.3, -0.25) is 9.48 Å². The van der Waals surface area contributed by atoms with E-state index in [0.29, 0.717) is 30.3 Å². The largest absolute Gasteiger partial charge is 0.476 e. The number of rotatable bonds is 4. The number of fused-ring (bicyclic) bond motifs is 1. The molecule has 1 N–H and O–H groups in total. The van der Waals surface area contributed by atoms with Gasteiger partial charge in [0, 0.05) is 18.7 Å². The first-order valence-electron chi connectivity index (χ1n) is 7.28. The quantitative estimate of drug-likeness (QED) is 0.899. The number of amides is 1. The predicted molar refractivity (Wildman–Crippen MR) is 69.8 cm³/mol. The van der Waals surface area contributed by atoms with Crippen molar-refractivity contribution in [2.45, 2.75) is 38.1 Å². The first-order valence-corrected chi connectivity index (χ1v) is 7.28. The zero-order valence-corrected chi connectivity index (χ0v) is 11.2. The third-order valence-corrected chi connectivity index (χ3v) is 4.42. The number of hydrogen-bond donors (Lipinski definition) is 1. The highest BCUT2D eigenvalue weighted by molar-refractivity contribution is 5.99. The van der Waals surface area contributed by atoms with Crippen molar-refractivity contribution in [1.82, 2.24) is 14.7 Å². The van der Waals surface area contributed by atoms with E-state index in [9.17, 15) is 14.7 Å². The zero-order chi connectivity index (χ0) is 13.9. The molecule has 0 radical (unpaired) electrons. The van der Waals surface area contributed by atoms with E-state index in [4.69, 9.17) is 0 Å². The minimum atomic E-state index is -1.02. The first kappa shape index (κ1) is 11.9. The molecule has 1 aromatic rings. The molecule has 3 aliphatic rings. The molecule has 0 spiro atoms. The van der Waals surface area contributed by atoms with Gasteiger partial charge in [-0.05, 0) is 37.5 Å². The van der Waals surface area contributed by atoms with Crippen LogP contribution in [0.3, 0.4) is 0 Å². The Balaban J connectivity index is 1.74. The Hall–Kier alpha value is -1.85. The normalized spacial score (nSPS) is 22.0. The number of hydrogen-bond acceptors (Lipinski definition) is 3. The van der Waals surface area contributed by atoms with Crippen LogP contribution in [0.4, 0.5) is 0 Å². The van der Waals surface area contributed by atoms with Crippen LogP contribution in [0.15, 0.2) is 0 Å². The van der Waals surface area contributed by atoms with Gasteiger partial charge in [0.05, 0.1) is 6.54 Å². The summed E-state index contributed by atoms with van der Waals surface area (Å²) >= 11 is 0. The van der Waals surface area contributed by atoms with Gasteiger partial charge in [-0.2, -0.15) is 5.10 Å². The Kier molecular flexibility index (Phi) is 2.43. The maximum Gasteiger partial charge on any atom is 0.356 e. The molecule has 1 aromatic heterocycles. The lowest BCUT2D eigenvalue weighted by Gasteiger charge is -2.28. The molecule has 0 atom stereocenters. The molecule has 2 fully saturated rings. The molecule has 0 unspecified atom stereocenters. The molecular formula is C14H17N3O3. The summed E-state index contributed by atoms with van der Waals surface area (Å²) in [5.74, 6) is -0.174. The highest BCUT2D eigenvalue weighted by Crippen LogP contribution is 2.44. The number of aromatic nitrogens is 2. The van der Waals surface area contributed by atoms with Crippen molar-refractivity contribution in [3.63, 3.8) is 0 Å². The molecule has 6 heteroatoms. The summed E-state index contributed by atoms with van der Waals surface area (Å²) in [6.45, 7) is 2.07. The summed E-state index contributed by atoms with van der Waals surface area (Å²) in [5.41, 5.74) is 1.31. The smallest absolute Gasteiger partial charge is 0.356 e. The SMILES string of the molecule is O=C(O)c1nn2c(c1C1CC1)C(=O)N(CC1CC1)CC2. The Morgan fingerprint density at radius 1 is 1.25 bits per heavy atom. The lowest BCUT2D eigenvalue weighted by atomic mass is 10.1. The number of aromatic carboxylic acids is 1. The molecule has 106 valence electrons. The molecule has 0 saturated heterocycles. The molecule has 20 heavy (non-hydrogen) atoms. The Morgan fingerprint density at radius 3 is 2.60 bits per heavy atom.